The van der Waals surface area contributed by atoms with Crippen molar-refractivity contribution in [2.24, 2.45) is 38.9 Å². The first-order chi connectivity index (χ1) is 29.8. The Kier molecular flexibility index (Phi) is 16.8. The second-order valence-electron chi connectivity index (χ2n) is 26.7. The van der Waals surface area contributed by atoms with Crippen LogP contribution in [-0.2, 0) is 57.0 Å². The number of hydrogen-bond donors (Lipinski definition) is 0. The molecule has 2 unspecified atom stereocenters. The van der Waals surface area contributed by atoms with E-state index in [4.69, 9.17) is 47.4 Å². The summed E-state index contributed by atoms with van der Waals surface area (Å²) in [7, 11) is 0. The molecule has 0 radical (unpaired) electrons. The van der Waals surface area contributed by atoms with Crippen LogP contribution in [0.4, 0.5) is 0 Å². The summed E-state index contributed by atoms with van der Waals surface area (Å²) in [6.07, 6.45) is 10.3. The maximum atomic E-state index is 12.9. The van der Waals surface area contributed by atoms with E-state index in [1.165, 1.54) is 19.3 Å². The van der Waals surface area contributed by atoms with Crippen molar-refractivity contribution in [1.82, 2.24) is 0 Å². The zero-order valence-corrected chi connectivity index (χ0v) is 43.3. The van der Waals surface area contributed by atoms with Crippen LogP contribution in [0.3, 0.4) is 0 Å². The molecule has 374 valence electrons. The van der Waals surface area contributed by atoms with Crippen LogP contribution in [0, 0.1) is 38.9 Å². The summed E-state index contributed by atoms with van der Waals surface area (Å²) < 4.78 is 61.5. The fourth-order valence-electron chi connectivity index (χ4n) is 12.3. The Morgan fingerprint density at radius 3 is 1.11 bits per heavy atom. The highest BCUT2D eigenvalue weighted by Crippen LogP contribution is 2.66. The Hall–Kier alpha value is -1.90. The minimum atomic E-state index is -0.817. The molecular formula is C53H90O12. The van der Waals surface area contributed by atoms with Crippen molar-refractivity contribution in [3.05, 3.63) is 24.3 Å². The Morgan fingerprint density at radius 2 is 0.769 bits per heavy atom. The van der Waals surface area contributed by atoms with Crippen LogP contribution in [0.2, 0.25) is 0 Å². The molecule has 65 heavy (non-hydrogen) atoms. The van der Waals surface area contributed by atoms with Crippen LogP contribution in [0.15, 0.2) is 24.3 Å². The number of esters is 2. The molecule has 8 saturated carbocycles. The van der Waals surface area contributed by atoms with Crippen LogP contribution >= 0.6 is 0 Å². The van der Waals surface area contributed by atoms with Crippen molar-refractivity contribution in [1.29, 1.82) is 0 Å². The van der Waals surface area contributed by atoms with Crippen LogP contribution in [0.25, 0.3) is 0 Å². The molecule has 0 aromatic rings. The van der Waals surface area contributed by atoms with E-state index < -0.39 is 28.4 Å². The molecule has 0 spiro atoms. The van der Waals surface area contributed by atoms with E-state index >= 15 is 0 Å². The van der Waals surface area contributed by atoms with Crippen molar-refractivity contribution < 1.29 is 57.0 Å². The molecule has 8 bridgehead atoms. The summed E-state index contributed by atoms with van der Waals surface area (Å²) in [5.41, 5.74) is -1.79. The summed E-state index contributed by atoms with van der Waals surface area (Å²) in [6, 6.07) is 0. The molecule has 0 aliphatic heterocycles. The lowest BCUT2D eigenvalue weighted by atomic mass is 9.48. The van der Waals surface area contributed by atoms with Gasteiger partial charge in [-0.25, -0.2) is 9.59 Å². The molecule has 12 heteroatoms. The third kappa shape index (κ3) is 15.8. The predicted molar refractivity (Wildman–Crippen MR) is 251 cm³/mol. The Morgan fingerprint density at radius 1 is 0.446 bits per heavy atom. The molecule has 8 fully saturated rings. The van der Waals surface area contributed by atoms with E-state index in [-0.39, 0.29) is 59.0 Å². The fraction of sp³-hybridized carbons (Fsp3) is 0.887. The lowest BCUT2D eigenvalue weighted by Crippen LogP contribution is -2.74. The highest BCUT2D eigenvalue weighted by molar-refractivity contribution is 5.87. The molecule has 0 amide bonds. The van der Waals surface area contributed by atoms with E-state index in [2.05, 4.69) is 96.2 Å². The molecule has 0 aromatic heterocycles. The van der Waals surface area contributed by atoms with E-state index in [1.807, 2.05) is 0 Å². The van der Waals surface area contributed by atoms with E-state index in [9.17, 15) is 9.59 Å². The summed E-state index contributed by atoms with van der Waals surface area (Å²) >= 11 is 0. The molecule has 0 saturated heterocycles. The number of ether oxygens (including phenoxy) is 10. The first-order valence-corrected chi connectivity index (χ1v) is 24.4. The van der Waals surface area contributed by atoms with Crippen LogP contribution < -0.4 is 0 Å². The number of rotatable bonds is 21. The lowest BCUT2D eigenvalue weighted by Gasteiger charge is -2.68. The predicted octanol–water partition coefficient (Wildman–Crippen LogP) is 11.0. The first-order valence-electron chi connectivity index (χ1n) is 24.4. The maximum absolute atomic E-state index is 12.9. The van der Waals surface area contributed by atoms with Gasteiger partial charge in [-0.05, 0) is 91.3 Å². The van der Waals surface area contributed by atoms with E-state index in [0.717, 1.165) is 25.9 Å². The summed E-state index contributed by atoms with van der Waals surface area (Å²) in [4.78, 5) is 25.1. The molecule has 0 aromatic carbocycles. The van der Waals surface area contributed by atoms with Crippen molar-refractivity contribution >= 4 is 11.9 Å². The van der Waals surface area contributed by atoms with Gasteiger partial charge in [0.1, 0.15) is 38.4 Å². The molecule has 0 N–H and O–H groups in total. The zero-order valence-electron chi connectivity index (χ0n) is 43.3. The lowest BCUT2D eigenvalue weighted by molar-refractivity contribution is -0.353. The van der Waals surface area contributed by atoms with Crippen LogP contribution in [0.5, 0.6) is 0 Å². The average Bonchev–Trinajstić information content (AvgIpc) is 3.11. The maximum Gasteiger partial charge on any atom is 0.333 e. The number of carbonyl (C=O) groups is 2. The van der Waals surface area contributed by atoms with Crippen molar-refractivity contribution in [2.75, 3.05) is 60.2 Å². The van der Waals surface area contributed by atoms with Crippen molar-refractivity contribution in [3.8, 4) is 0 Å². The molecule has 0 heterocycles. The van der Waals surface area contributed by atoms with Crippen LogP contribution in [-0.4, -0.2) is 100 Å². The second kappa shape index (κ2) is 20.2. The van der Waals surface area contributed by atoms with E-state index in [1.54, 1.807) is 13.8 Å². The Labute approximate surface area is 393 Å². The van der Waals surface area contributed by atoms with Gasteiger partial charge in [0.2, 0.25) is 0 Å². The Bertz CT molecular complexity index is 1540. The molecule has 8 aliphatic carbocycles. The van der Waals surface area contributed by atoms with Crippen LogP contribution in [0.1, 0.15) is 174 Å². The molecule has 2 atom stereocenters. The molecule has 8 aliphatic rings. The number of carbonyl (C=O) groups excluding carboxylic acids is 2. The third-order valence-electron chi connectivity index (χ3n) is 13.4. The van der Waals surface area contributed by atoms with Gasteiger partial charge < -0.3 is 47.4 Å². The zero-order chi connectivity index (χ0) is 48.4. The van der Waals surface area contributed by atoms with Gasteiger partial charge in [0.05, 0.1) is 49.8 Å². The summed E-state index contributed by atoms with van der Waals surface area (Å²) in [5.74, 6) is 0.697. The van der Waals surface area contributed by atoms with Gasteiger partial charge in [-0.3, -0.25) is 0 Å². The topological polar surface area (TPSA) is 126 Å². The SMILES string of the molecule is C=C(C)C(=O)OC12CC3(OCOCC(C)(C)C)CC(OCOCC(C)(C)C)(CC(OCOCC(C)(C)C)(C3)C1)C2.C=C(C)C(=O)OC12CC3CC(CC(COCOCC(C)(C)C)(C3)C1)C2. The minimum absolute atomic E-state index is 0.0204. The third-order valence-corrected chi connectivity index (χ3v) is 13.4. The van der Waals surface area contributed by atoms with Gasteiger partial charge in [-0.1, -0.05) is 96.2 Å². The van der Waals surface area contributed by atoms with Gasteiger partial charge in [0.25, 0.3) is 0 Å². The normalized spacial score (nSPS) is 33.7. The average molecular weight is 919 g/mol. The molecular weight excluding hydrogens is 829 g/mol. The quantitative estimate of drug-likeness (QED) is 0.0471. The first kappa shape index (κ1) is 54.0. The standard InChI is InChI=1S/C32H56O8.C21H34O4/c1-24(2)25(33)40-32-15-29(37-21-34-18-26(3,4)5)12-30(16-32,38-22-35-19-27(6,7)8)14-31(13-29,17-32)39-23-36-20-28(9,10)11;1-15(2)18(22)25-21-9-16-6-17(10-21)8-20(7-16,11-21)13-24-14-23-12-19(3,4)5/h1,12-23H2,2-11H3;16-17H,1,6-14H2,2-5H3. The Balaban J connectivity index is 0.000000271. The van der Waals surface area contributed by atoms with Gasteiger partial charge >= 0.3 is 11.9 Å². The van der Waals surface area contributed by atoms with Crippen molar-refractivity contribution in [3.63, 3.8) is 0 Å². The summed E-state index contributed by atoms with van der Waals surface area (Å²) in [6.45, 7) is 40.6. The highest BCUT2D eigenvalue weighted by atomic mass is 16.7. The number of hydrogen-bond acceptors (Lipinski definition) is 12. The highest BCUT2D eigenvalue weighted by Gasteiger charge is 2.72. The van der Waals surface area contributed by atoms with Gasteiger partial charge in [0.15, 0.2) is 0 Å². The van der Waals surface area contributed by atoms with Gasteiger partial charge in [0, 0.05) is 49.7 Å². The van der Waals surface area contributed by atoms with Gasteiger partial charge in [-0.15, -0.1) is 0 Å². The van der Waals surface area contributed by atoms with Gasteiger partial charge in [-0.2, -0.15) is 0 Å². The second-order valence-corrected chi connectivity index (χ2v) is 26.7. The largest absolute Gasteiger partial charge is 0.456 e. The van der Waals surface area contributed by atoms with E-state index in [0.29, 0.717) is 94.7 Å². The molecule has 8 rings (SSSR count). The van der Waals surface area contributed by atoms with Crippen molar-refractivity contribution in [2.45, 2.75) is 202 Å². The smallest absolute Gasteiger partial charge is 0.333 e. The monoisotopic (exact) mass is 919 g/mol. The summed E-state index contributed by atoms with van der Waals surface area (Å²) in [5, 5.41) is 0. The molecule has 12 nitrogen and oxygen atoms in total. The fourth-order valence-corrected chi connectivity index (χ4v) is 12.3. The minimum Gasteiger partial charge on any atom is -0.456 e.